The van der Waals surface area contributed by atoms with E-state index in [1.165, 1.54) is 22.2 Å². The quantitative estimate of drug-likeness (QED) is 0.484. The maximum atomic E-state index is 12.4. The molecule has 6 nitrogen and oxygen atoms in total. The van der Waals surface area contributed by atoms with E-state index in [-0.39, 0.29) is 12.7 Å². The third-order valence-electron chi connectivity index (χ3n) is 4.62. The topological polar surface area (TPSA) is 73.3 Å². The maximum absolute atomic E-state index is 12.4. The zero-order valence-corrected chi connectivity index (χ0v) is 17.6. The van der Waals surface area contributed by atoms with E-state index in [1.54, 1.807) is 11.3 Å². The molecule has 0 saturated heterocycles. The first kappa shape index (κ1) is 19.0. The van der Waals surface area contributed by atoms with Crippen molar-refractivity contribution in [2.24, 2.45) is 0 Å². The lowest BCUT2D eigenvalue weighted by molar-refractivity contribution is -0.118. The van der Waals surface area contributed by atoms with E-state index in [1.807, 2.05) is 25.1 Å². The third-order valence-corrected chi connectivity index (χ3v) is 6.70. The van der Waals surface area contributed by atoms with Crippen molar-refractivity contribution in [1.82, 2.24) is 15.3 Å². The number of thiophene rings is 1. The lowest BCUT2D eigenvalue weighted by atomic mass is 10.2. The highest BCUT2D eigenvalue weighted by atomic mass is 32.2. The minimum atomic E-state index is -0.0305. The molecule has 3 heterocycles. The molecule has 4 rings (SSSR count). The molecular weight excluding hydrogens is 394 g/mol. The molecule has 0 atom stereocenters. The number of nitrogens with zero attached hydrogens (tertiary/aromatic N) is 2. The monoisotopic (exact) mass is 415 g/mol. The first-order valence-electron chi connectivity index (χ1n) is 9.09. The molecule has 1 amide bonds. The second-order valence-electron chi connectivity index (χ2n) is 6.51. The number of hydrogen-bond acceptors (Lipinski definition) is 7. The first-order chi connectivity index (χ1) is 13.5. The average molecular weight is 416 g/mol. The number of hydrogen-bond donors (Lipinski definition) is 1. The summed E-state index contributed by atoms with van der Waals surface area (Å²) in [7, 11) is 0. The summed E-state index contributed by atoms with van der Waals surface area (Å²) < 4.78 is 10.7. The van der Waals surface area contributed by atoms with Crippen LogP contribution < -0.4 is 14.8 Å². The van der Waals surface area contributed by atoms with E-state index in [9.17, 15) is 4.79 Å². The first-order valence-corrected chi connectivity index (χ1v) is 10.9. The fourth-order valence-corrected chi connectivity index (χ4v) is 5.00. The Hall–Kier alpha value is -2.32. The number of fused-ring (bicyclic) bond motifs is 2. The van der Waals surface area contributed by atoms with Gasteiger partial charge in [0.15, 0.2) is 11.5 Å². The zero-order chi connectivity index (χ0) is 19.7. The van der Waals surface area contributed by atoms with Crippen molar-refractivity contribution >= 4 is 39.2 Å². The molecule has 2 aromatic heterocycles. The molecule has 8 heteroatoms. The number of amides is 1. The molecule has 0 radical (unpaired) electrons. The summed E-state index contributed by atoms with van der Waals surface area (Å²) in [6, 6.07) is 5.69. The van der Waals surface area contributed by atoms with Crippen molar-refractivity contribution in [2.45, 2.75) is 38.8 Å². The van der Waals surface area contributed by atoms with E-state index in [4.69, 9.17) is 9.47 Å². The molecule has 0 aliphatic carbocycles. The fraction of sp³-hybridized carbons (Fsp3) is 0.350. The second-order valence-corrected chi connectivity index (χ2v) is 8.68. The van der Waals surface area contributed by atoms with Crippen molar-refractivity contribution in [3.05, 3.63) is 40.0 Å². The number of benzene rings is 1. The van der Waals surface area contributed by atoms with Gasteiger partial charge in [-0.3, -0.25) is 4.79 Å². The Morgan fingerprint density at radius 1 is 1.25 bits per heavy atom. The second kappa shape index (κ2) is 7.97. The summed E-state index contributed by atoms with van der Waals surface area (Å²) in [5, 5.41) is 4.93. The lowest BCUT2D eigenvalue weighted by Gasteiger charge is -2.08. The molecule has 0 bridgehead atoms. The number of thioether (sulfide) groups is 1. The van der Waals surface area contributed by atoms with Gasteiger partial charge in [-0.05, 0) is 37.1 Å². The van der Waals surface area contributed by atoms with E-state index in [0.717, 1.165) is 44.6 Å². The number of carbonyl (C=O) groups is 1. The van der Waals surface area contributed by atoms with Gasteiger partial charge >= 0.3 is 0 Å². The number of carbonyl (C=O) groups excluding carboxylic acids is 1. The molecular formula is C20H21N3O3S2. The van der Waals surface area contributed by atoms with Gasteiger partial charge in [0, 0.05) is 23.2 Å². The Kier molecular flexibility index (Phi) is 5.41. The number of nitrogens with one attached hydrogen (secondary N) is 1. The molecule has 146 valence electrons. The summed E-state index contributed by atoms with van der Waals surface area (Å²) in [5.41, 5.74) is 2.18. The van der Waals surface area contributed by atoms with Gasteiger partial charge in [0.25, 0.3) is 0 Å². The van der Waals surface area contributed by atoms with Crippen molar-refractivity contribution in [3.8, 4) is 11.5 Å². The summed E-state index contributed by atoms with van der Waals surface area (Å²) >= 11 is 3.16. The highest BCUT2D eigenvalue weighted by molar-refractivity contribution is 8.00. The minimum Gasteiger partial charge on any atom is -0.454 e. The Bertz CT molecular complexity index is 1050. The number of rotatable bonds is 6. The number of aromatic nitrogens is 2. The Morgan fingerprint density at radius 3 is 2.89 bits per heavy atom. The number of aryl methyl sites for hydroxylation is 3. The van der Waals surface area contributed by atoms with Gasteiger partial charge in [0.05, 0.1) is 5.75 Å². The maximum Gasteiger partial charge on any atom is 0.231 e. The van der Waals surface area contributed by atoms with Crippen LogP contribution in [-0.4, -0.2) is 28.4 Å². The van der Waals surface area contributed by atoms with Gasteiger partial charge in [-0.25, -0.2) is 9.97 Å². The van der Waals surface area contributed by atoms with Crippen LogP contribution in [0.4, 0.5) is 0 Å². The van der Waals surface area contributed by atoms with Crippen LogP contribution >= 0.6 is 23.1 Å². The normalized spacial score (nSPS) is 12.5. The standard InChI is InChI=1S/C20H21N3O3S2/c1-4-16-22-19(18-11(2)12(3)28-20(18)23-16)27-9-17(24)21-8-13-5-6-14-15(7-13)26-10-25-14/h5-7H,4,8-10H2,1-3H3,(H,21,24). The van der Waals surface area contributed by atoms with Gasteiger partial charge in [-0.1, -0.05) is 24.8 Å². The molecule has 28 heavy (non-hydrogen) atoms. The summed E-state index contributed by atoms with van der Waals surface area (Å²) in [5.74, 6) is 2.56. The van der Waals surface area contributed by atoms with Crippen LogP contribution in [0.25, 0.3) is 10.2 Å². The van der Waals surface area contributed by atoms with Crippen LogP contribution in [-0.2, 0) is 17.8 Å². The Balaban J connectivity index is 1.42. The molecule has 0 saturated carbocycles. The molecule has 1 aliphatic rings. The van der Waals surface area contributed by atoms with Crippen LogP contribution in [0.1, 0.15) is 28.8 Å². The fourth-order valence-electron chi connectivity index (χ4n) is 2.95. The summed E-state index contributed by atoms with van der Waals surface area (Å²) in [6.45, 7) is 6.93. The largest absolute Gasteiger partial charge is 0.454 e. The SMILES string of the molecule is CCc1nc(SCC(=O)NCc2ccc3c(c2)OCO3)c2c(C)c(C)sc2n1. The van der Waals surface area contributed by atoms with E-state index < -0.39 is 0 Å². The minimum absolute atomic E-state index is 0.0305. The lowest BCUT2D eigenvalue weighted by Crippen LogP contribution is -2.24. The molecule has 0 spiro atoms. The summed E-state index contributed by atoms with van der Waals surface area (Å²) in [4.78, 5) is 23.9. The Labute approximate surface area is 171 Å². The van der Waals surface area contributed by atoms with E-state index in [2.05, 4.69) is 29.1 Å². The zero-order valence-electron chi connectivity index (χ0n) is 16.0. The smallest absolute Gasteiger partial charge is 0.231 e. The predicted octanol–water partition coefficient (Wildman–Crippen LogP) is 4.01. The summed E-state index contributed by atoms with van der Waals surface area (Å²) in [6.07, 6.45) is 0.774. The van der Waals surface area contributed by atoms with Gasteiger partial charge < -0.3 is 14.8 Å². The predicted molar refractivity (Wildman–Crippen MR) is 111 cm³/mol. The molecule has 0 unspecified atom stereocenters. The molecule has 1 aliphatic heterocycles. The van der Waals surface area contributed by atoms with Crippen LogP contribution in [0.5, 0.6) is 11.5 Å². The van der Waals surface area contributed by atoms with Crippen LogP contribution in [0.3, 0.4) is 0 Å². The molecule has 1 N–H and O–H groups in total. The highest BCUT2D eigenvalue weighted by Gasteiger charge is 2.16. The van der Waals surface area contributed by atoms with Crippen molar-refractivity contribution in [2.75, 3.05) is 12.5 Å². The van der Waals surface area contributed by atoms with Gasteiger partial charge in [0.2, 0.25) is 12.7 Å². The van der Waals surface area contributed by atoms with Gasteiger partial charge in [-0.15, -0.1) is 11.3 Å². The van der Waals surface area contributed by atoms with E-state index >= 15 is 0 Å². The third kappa shape index (κ3) is 3.79. The van der Waals surface area contributed by atoms with Gasteiger partial charge in [0.1, 0.15) is 15.7 Å². The molecule has 3 aromatic rings. The van der Waals surface area contributed by atoms with Crippen molar-refractivity contribution < 1.29 is 14.3 Å². The number of ether oxygens (including phenoxy) is 2. The average Bonchev–Trinajstić information content (AvgIpc) is 3.28. The van der Waals surface area contributed by atoms with Crippen LogP contribution in [0.15, 0.2) is 23.2 Å². The highest BCUT2D eigenvalue weighted by Crippen LogP contribution is 2.35. The van der Waals surface area contributed by atoms with Crippen LogP contribution in [0, 0.1) is 13.8 Å². The Morgan fingerprint density at radius 2 is 2.07 bits per heavy atom. The van der Waals surface area contributed by atoms with Gasteiger partial charge in [-0.2, -0.15) is 0 Å². The molecule has 1 aromatic carbocycles. The van der Waals surface area contributed by atoms with E-state index in [0.29, 0.717) is 12.3 Å². The molecule has 0 fully saturated rings. The van der Waals surface area contributed by atoms with Crippen LogP contribution in [0.2, 0.25) is 0 Å². The van der Waals surface area contributed by atoms with Crippen molar-refractivity contribution in [3.63, 3.8) is 0 Å². The van der Waals surface area contributed by atoms with Crippen molar-refractivity contribution in [1.29, 1.82) is 0 Å².